The number of hydrogen-bond acceptors (Lipinski definition) is 5. The van der Waals surface area contributed by atoms with Crippen LogP contribution < -0.4 is 11.1 Å². The molecule has 1 aliphatic rings. The molecule has 0 aliphatic carbocycles. The molecule has 2 heterocycles. The molecule has 0 saturated carbocycles. The van der Waals surface area contributed by atoms with Gasteiger partial charge >= 0.3 is 0 Å². The van der Waals surface area contributed by atoms with Crippen molar-refractivity contribution < 1.29 is 4.79 Å². The van der Waals surface area contributed by atoms with Crippen molar-refractivity contribution in [3.8, 4) is 0 Å². The number of nitrogens with one attached hydrogen (secondary N) is 1. The number of nitrogens with two attached hydrogens (primary N) is 1. The van der Waals surface area contributed by atoms with Gasteiger partial charge in [0, 0.05) is 11.9 Å². The van der Waals surface area contributed by atoms with Crippen LogP contribution in [0.4, 0.5) is 5.13 Å². The number of aromatic nitrogens is 1. The number of amides is 1. The van der Waals surface area contributed by atoms with E-state index in [0.29, 0.717) is 17.5 Å². The van der Waals surface area contributed by atoms with E-state index in [9.17, 15) is 4.79 Å². The molecule has 1 amide bonds. The Kier molecular flexibility index (Phi) is 6.14. The quantitative estimate of drug-likeness (QED) is 0.846. The number of nitrogens with zero attached hydrogens (tertiary/aromatic N) is 2. The fourth-order valence-electron chi connectivity index (χ4n) is 2.60. The second kappa shape index (κ2) is 7.87. The van der Waals surface area contributed by atoms with E-state index < -0.39 is 6.04 Å². The minimum absolute atomic E-state index is 0.137. The number of hydrogen-bond donors (Lipinski definition) is 2. The number of carbonyl (C=O) groups is 1. The summed E-state index contributed by atoms with van der Waals surface area (Å²) in [7, 11) is 0. The standard InChI is InChI=1S/C15H26N4OS/c1-11(2)8-13(16)14(20)18-15-17-12(10-21-15)9-19-6-4-3-5-7-19/h10-11,13H,3-9,16H2,1-2H3,(H,17,18,20)/t13-/m0/s1. The highest BCUT2D eigenvalue weighted by molar-refractivity contribution is 7.13. The van der Waals surface area contributed by atoms with Crippen LogP contribution in [0.1, 0.15) is 45.2 Å². The van der Waals surface area contributed by atoms with Crippen LogP contribution in [0.3, 0.4) is 0 Å². The van der Waals surface area contributed by atoms with E-state index in [1.807, 2.05) is 5.38 Å². The van der Waals surface area contributed by atoms with Crippen LogP contribution >= 0.6 is 11.3 Å². The largest absolute Gasteiger partial charge is 0.320 e. The van der Waals surface area contributed by atoms with Crippen molar-refractivity contribution in [2.24, 2.45) is 11.7 Å². The zero-order valence-electron chi connectivity index (χ0n) is 13.0. The molecule has 0 bridgehead atoms. The van der Waals surface area contributed by atoms with Crippen molar-refractivity contribution in [1.82, 2.24) is 9.88 Å². The van der Waals surface area contributed by atoms with Gasteiger partial charge in [0.15, 0.2) is 5.13 Å². The highest BCUT2D eigenvalue weighted by Gasteiger charge is 2.17. The van der Waals surface area contributed by atoms with Gasteiger partial charge < -0.3 is 11.1 Å². The first-order valence-electron chi connectivity index (χ1n) is 7.78. The van der Waals surface area contributed by atoms with Crippen LogP contribution in [-0.4, -0.2) is 34.9 Å². The molecule has 5 nitrogen and oxygen atoms in total. The predicted octanol–water partition coefficient (Wildman–Crippen LogP) is 2.44. The first-order valence-corrected chi connectivity index (χ1v) is 8.65. The Hall–Kier alpha value is -0.980. The smallest absolute Gasteiger partial charge is 0.243 e. The van der Waals surface area contributed by atoms with Crippen LogP contribution in [-0.2, 0) is 11.3 Å². The predicted molar refractivity (Wildman–Crippen MR) is 87.3 cm³/mol. The molecule has 118 valence electrons. The average Bonchev–Trinajstić information content (AvgIpc) is 2.86. The molecule has 6 heteroatoms. The molecule has 3 N–H and O–H groups in total. The third-order valence-electron chi connectivity index (χ3n) is 3.68. The molecule has 1 aromatic heterocycles. The summed E-state index contributed by atoms with van der Waals surface area (Å²) in [6, 6.07) is -0.459. The summed E-state index contributed by atoms with van der Waals surface area (Å²) in [5.41, 5.74) is 6.92. The molecule has 0 unspecified atom stereocenters. The first kappa shape index (κ1) is 16.4. The monoisotopic (exact) mass is 310 g/mol. The van der Waals surface area contributed by atoms with Gasteiger partial charge in [-0.05, 0) is 38.3 Å². The van der Waals surface area contributed by atoms with Gasteiger partial charge in [-0.25, -0.2) is 4.98 Å². The summed E-state index contributed by atoms with van der Waals surface area (Å²) >= 11 is 1.48. The van der Waals surface area contributed by atoms with E-state index >= 15 is 0 Å². The van der Waals surface area contributed by atoms with Gasteiger partial charge in [0.1, 0.15) is 0 Å². The number of thiazole rings is 1. The summed E-state index contributed by atoms with van der Waals surface area (Å²) < 4.78 is 0. The van der Waals surface area contributed by atoms with Crippen molar-refractivity contribution in [1.29, 1.82) is 0 Å². The lowest BCUT2D eigenvalue weighted by Gasteiger charge is -2.25. The second-order valence-electron chi connectivity index (χ2n) is 6.21. The SMILES string of the molecule is CC(C)C[C@H](N)C(=O)Nc1nc(CN2CCCCC2)cs1. The van der Waals surface area contributed by atoms with E-state index in [1.165, 1.54) is 30.6 Å². The first-order chi connectivity index (χ1) is 10.0. The lowest BCUT2D eigenvalue weighted by molar-refractivity contribution is -0.117. The van der Waals surface area contributed by atoms with Gasteiger partial charge in [-0.15, -0.1) is 11.3 Å². The Balaban J connectivity index is 1.83. The van der Waals surface area contributed by atoms with Crippen LogP contribution in [0.25, 0.3) is 0 Å². The Morgan fingerprint density at radius 1 is 1.43 bits per heavy atom. The molecule has 1 fully saturated rings. The van der Waals surface area contributed by atoms with Crippen LogP contribution in [0.2, 0.25) is 0 Å². The normalized spacial score (nSPS) is 17.9. The molecule has 0 aromatic carbocycles. The second-order valence-corrected chi connectivity index (χ2v) is 7.06. The van der Waals surface area contributed by atoms with Gasteiger partial charge in [0.05, 0.1) is 11.7 Å². The maximum atomic E-state index is 12.0. The summed E-state index contributed by atoms with van der Waals surface area (Å²) in [6.07, 6.45) is 4.58. The van der Waals surface area contributed by atoms with E-state index in [-0.39, 0.29) is 5.91 Å². The van der Waals surface area contributed by atoms with Crippen LogP contribution in [0, 0.1) is 5.92 Å². The van der Waals surface area contributed by atoms with Crippen molar-refractivity contribution in [3.05, 3.63) is 11.1 Å². The molecule has 2 rings (SSSR count). The van der Waals surface area contributed by atoms with Gasteiger partial charge in [-0.3, -0.25) is 9.69 Å². The Morgan fingerprint density at radius 3 is 2.81 bits per heavy atom. The summed E-state index contributed by atoms with van der Waals surface area (Å²) in [6.45, 7) is 7.31. The lowest BCUT2D eigenvalue weighted by Crippen LogP contribution is -2.36. The molecule has 1 saturated heterocycles. The van der Waals surface area contributed by atoms with Crippen LogP contribution in [0.5, 0.6) is 0 Å². The maximum absolute atomic E-state index is 12.0. The van der Waals surface area contributed by atoms with Gasteiger partial charge in [0.25, 0.3) is 0 Å². The van der Waals surface area contributed by atoms with Gasteiger partial charge in [-0.1, -0.05) is 20.3 Å². The van der Waals surface area contributed by atoms with E-state index in [0.717, 1.165) is 25.3 Å². The number of piperidine rings is 1. The molecule has 0 radical (unpaired) electrons. The minimum atomic E-state index is -0.459. The minimum Gasteiger partial charge on any atom is -0.320 e. The number of likely N-dealkylation sites (tertiary alicyclic amines) is 1. The third kappa shape index (κ3) is 5.37. The van der Waals surface area contributed by atoms with E-state index in [4.69, 9.17) is 5.73 Å². The molecule has 1 aromatic rings. The summed E-state index contributed by atoms with van der Waals surface area (Å²) in [4.78, 5) is 18.9. The number of anilines is 1. The Bertz CT molecular complexity index is 454. The molecule has 21 heavy (non-hydrogen) atoms. The van der Waals surface area contributed by atoms with E-state index in [2.05, 4.69) is 29.0 Å². The molecular weight excluding hydrogens is 284 g/mol. The zero-order chi connectivity index (χ0) is 15.2. The van der Waals surface area contributed by atoms with Crippen molar-refractivity contribution >= 4 is 22.4 Å². The molecular formula is C15H26N4OS. The van der Waals surface area contributed by atoms with Crippen molar-refractivity contribution in [2.45, 2.75) is 52.1 Å². The Morgan fingerprint density at radius 2 is 2.14 bits per heavy atom. The zero-order valence-corrected chi connectivity index (χ0v) is 13.8. The maximum Gasteiger partial charge on any atom is 0.243 e. The van der Waals surface area contributed by atoms with Gasteiger partial charge in [-0.2, -0.15) is 0 Å². The molecule has 0 spiro atoms. The topological polar surface area (TPSA) is 71.2 Å². The highest BCUT2D eigenvalue weighted by atomic mass is 32.1. The Labute approximate surface area is 130 Å². The number of rotatable bonds is 6. The summed E-state index contributed by atoms with van der Waals surface area (Å²) in [5, 5.41) is 5.51. The van der Waals surface area contributed by atoms with Crippen molar-refractivity contribution in [2.75, 3.05) is 18.4 Å². The third-order valence-corrected chi connectivity index (χ3v) is 4.48. The van der Waals surface area contributed by atoms with Crippen molar-refractivity contribution in [3.63, 3.8) is 0 Å². The lowest BCUT2D eigenvalue weighted by atomic mass is 10.0. The number of carbonyl (C=O) groups excluding carboxylic acids is 1. The molecule has 1 atom stereocenters. The average molecular weight is 310 g/mol. The molecule has 1 aliphatic heterocycles. The van der Waals surface area contributed by atoms with E-state index in [1.54, 1.807) is 0 Å². The van der Waals surface area contributed by atoms with Crippen LogP contribution in [0.15, 0.2) is 5.38 Å². The highest BCUT2D eigenvalue weighted by Crippen LogP contribution is 2.19. The fourth-order valence-corrected chi connectivity index (χ4v) is 3.30. The summed E-state index contributed by atoms with van der Waals surface area (Å²) in [5.74, 6) is 0.277. The van der Waals surface area contributed by atoms with Gasteiger partial charge in [0.2, 0.25) is 5.91 Å². The fraction of sp³-hybridized carbons (Fsp3) is 0.733.